The number of carbonyl (C=O) groups excluding carboxylic acids is 3. The Hall–Kier alpha value is -5.05. The molecule has 6 N–H and O–H groups in total. The summed E-state index contributed by atoms with van der Waals surface area (Å²) in [5.41, 5.74) is 5.81. The van der Waals surface area contributed by atoms with Gasteiger partial charge in [0.05, 0.1) is 17.2 Å². The molecule has 1 heterocycles. The average Bonchev–Trinajstić information content (AvgIpc) is 3.42. The van der Waals surface area contributed by atoms with E-state index in [0.29, 0.717) is 39.7 Å². The number of rotatable bonds is 11. The molecule has 3 aromatic carbocycles. The van der Waals surface area contributed by atoms with Crippen molar-refractivity contribution < 1.29 is 50.6 Å². The van der Waals surface area contributed by atoms with Crippen LogP contribution in [0.4, 0.5) is 26.3 Å². The highest BCUT2D eigenvalue weighted by Gasteiger charge is 2.37. The minimum Gasteiger partial charge on any atom is -0.508 e. The number of phenolic OH excluding ortho intramolecular Hbond substituents is 1. The zero-order valence-corrected chi connectivity index (χ0v) is 26.6. The largest absolute Gasteiger partial charge is 0.508 e. The van der Waals surface area contributed by atoms with E-state index in [1.54, 1.807) is 44.3 Å². The van der Waals surface area contributed by atoms with Crippen LogP contribution in [0.3, 0.4) is 0 Å². The second-order valence-electron chi connectivity index (χ2n) is 11.7. The summed E-state index contributed by atoms with van der Waals surface area (Å²) >= 11 is 0. The van der Waals surface area contributed by atoms with Crippen LogP contribution in [0.25, 0.3) is 10.9 Å². The van der Waals surface area contributed by atoms with Gasteiger partial charge in [-0.15, -0.1) is 0 Å². The normalized spacial score (nSPS) is 13.8. The number of esters is 1. The molecule has 0 unspecified atom stereocenters. The number of aryl methyl sites for hydroxylation is 2. The van der Waals surface area contributed by atoms with Crippen molar-refractivity contribution in [2.75, 3.05) is 0 Å². The molecule has 4 rings (SSSR count). The number of amides is 2. The molecular formula is C34H34F6N4O5. The third-order valence-corrected chi connectivity index (χ3v) is 7.92. The third-order valence-electron chi connectivity index (χ3n) is 7.92. The van der Waals surface area contributed by atoms with E-state index in [1.807, 2.05) is 0 Å². The Morgan fingerprint density at radius 2 is 1.47 bits per heavy atom. The smallest absolute Gasteiger partial charge is 0.416 e. The quantitative estimate of drug-likeness (QED) is 0.106. The van der Waals surface area contributed by atoms with Crippen LogP contribution in [-0.2, 0) is 50.9 Å². The fourth-order valence-corrected chi connectivity index (χ4v) is 5.36. The predicted molar refractivity (Wildman–Crippen MR) is 167 cm³/mol. The fraction of sp³-hybridized carbons (Fsp3) is 0.324. The maximum Gasteiger partial charge on any atom is 0.416 e. The highest BCUT2D eigenvalue weighted by atomic mass is 19.4. The maximum atomic E-state index is 13.3. The monoisotopic (exact) mass is 692 g/mol. The number of nitrogens with one attached hydrogen (secondary N) is 3. The van der Waals surface area contributed by atoms with Gasteiger partial charge in [0.25, 0.3) is 0 Å². The second kappa shape index (κ2) is 14.6. The van der Waals surface area contributed by atoms with E-state index in [2.05, 4.69) is 15.6 Å². The van der Waals surface area contributed by atoms with Gasteiger partial charge < -0.3 is 31.2 Å². The minimum atomic E-state index is -5.10. The molecule has 2 amide bonds. The summed E-state index contributed by atoms with van der Waals surface area (Å²) < 4.78 is 85.2. The van der Waals surface area contributed by atoms with Crippen molar-refractivity contribution >= 4 is 28.7 Å². The summed E-state index contributed by atoms with van der Waals surface area (Å²) in [4.78, 5) is 42.5. The molecule has 0 aliphatic rings. The molecule has 15 heteroatoms. The molecule has 0 aliphatic heterocycles. The van der Waals surface area contributed by atoms with Crippen LogP contribution >= 0.6 is 0 Å². The van der Waals surface area contributed by atoms with Gasteiger partial charge in [0, 0.05) is 23.5 Å². The number of halogens is 6. The number of hydrogen-bond acceptors (Lipinski definition) is 6. The molecule has 0 aliphatic carbocycles. The molecule has 0 saturated carbocycles. The van der Waals surface area contributed by atoms with Crippen LogP contribution in [-0.4, -0.2) is 46.0 Å². The predicted octanol–water partition coefficient (Wildman–Crippen LogP) is 5.37. The number of aromatic hydroxyl groups is 1. The number of carbonyl (C=O) groups is 3. The van der Waals surface area contributed by atoms with Crippen LogP contribution in [0.2, 0.25) is 0 Å². The molecule has 0 spiro atoms. The Morgan fingerprint density at radius 1 is 0.878 bits per heavy atom. The lowest BCUT2D eigenvalue weighted by atomic mass is 9.96. The highest BCUT2D eigenvalue weighted by molar-refractivity contribution is 5.92. The lowest BCUT2D eigenvalue weighted by Gasteiger charge is -2.22. The standard InChI is InChI=1S/C34H34F6N4O5/c1-17-8-24(45)9-18(2)26(17)14-27(41)31(47)43-19(3)30(46)44-29(12-21-15-42-28-7-5-4-6-25(21)28)32(48)49-16-20-10-22(33(35,36)37)13-23(11-20)34(38,39)40/h4-11,13,15,19,27,29,42,45H,12,14,16,41H2,1-3H3,(H,43,47)(H,44,46)/t19-,27+,29+/m1/s1. The van der Waals surface area contributed by atoms with Gasteiger partial charge in [-0.2, -0.15) is 26.3 Å². The van der Waals surface area contributed by atoms with Crippen LogP contribution < -0.4 is 16.4 Å². The Balaban J connectivity index is 1.51. The Bertz CT molecular complexity index is 1800. The van der Waals surface area contributed by atoms with E-state index >= 15 is 0 Å². The Labute approximate surface area is 276 Å². The van der Waals surface area contributed by atoms with E-state index in [4.69, 9.17) is 10.5 Å². The van der Waals surface area contributed by atoms with Crippen LogP contribution in [0.1, 0.15) is 45.9 Å². The topological polar surface area (TPSA) is 147 Å². The van der Waals surface area contributed by atoms with Gasteiger partial charge in [-0.05, 0) is 91.4 Å². The molecule has 0 saturated heterocycles. The number of ether oxygens (including phenoxy) is 1. The van der Waals surface area contributed by atoms with E-state index in [1.165, 1.54) is 19.1 Å². The average molecular weight is 693 g/mol. The molecule has 1 aromatic heterocycles. The Morgan fingerprint density at radius 3 is 2.06 bits per heavy atom. The zero-order chi connectivity index (χ0) is 36.3. The number of aromatic amines is 1. The van der Waals surface area contributed by atoms with Crippen molar-refractivity contribution in [3.63, 3.8) is 0 Å². The second-order valence-corrected chi connectivity index (χ2v) is 11.7. The molecule has 49 heavy (non-hydrogen) atoms. The molecule has 4 aromatic rings. The Kier molecular flexibility index (Phi) is 11.0. The number of hydrogen-bond donors (Lipinski definition) is 5. The molecular weight excluding hydrogens is 658 g/mol. The van der Waals surface area contributed by atoms with Gasteiger partial charge in [0.1, 0.15) is 24.4 Å². The fourth-order valence-electron chi connectivity index (χ4n) is 5.36. The van der Waals surface area contributed by atoms with E-state index in [-0.39, 0.29) is 24.7 Å². The summed E-state index contributed by atoms with van der Waals surface area (Å²) in [6, 6.07) is 7.13. The van der Waals surface area contributed by atoms with Crippen molar-refractivity contribution in [3.05, 3.63) is 99.7 Å². The highest BCUT2D eigenvalue weighted by Crippen LogP contribution is 2.36. The van der Waals surface area contributed by atoms with Gasteiger partial charge in [0.15, 0.2) is 0 Å². The molecule has 0 bridgehead atoms. The molecule has 0 fully saturated rings. The number of H-pyrrole nitrogens is 1. The first kappa shape index (κ1) is 36.8. The molecule has 3 atom stereocenters. The first-order valence-electron chi connectivity index (χ1n) is 15.0. The SMILES string of the molecule is Cc1cc(O)cc(C)c1C[C@H](N)C(=O)N[C@H](C)C(=O)N[C@@H](Cc1c[nH]c2ccccc12)C(=O)OCc1cc(C(F)(F)F)cc(C(F)(F)F)c1. The summed E-state index contributed by atoms with van der Waals surface area (Å²) in [6.07, 6.45) is -8.70. The van der Waals surface area contributed by atoms with E-state index in [9.17, 15) is 45.8 Å². The number of aromatic nitrogens is 1. The zero-order valence-electron chi connectivity index (χ0n) is 26.6. The van der Waals surface area contributed by atoms with E-state index < -0.39 is 71.6 Å². The van der Waals surface area contributed by atoms with Crippen molar-refractivity contribution in [2.24, 2.45) is 5.73 Å². The number of fused-ring (bicyclic) bond motifs is 1. The van der Waals surface area contributed by atoms with Gasteiger partial charge in [-0.25, -0.2) is 4.79 Å². The molecule has 262 valence electrons. The molecule has 9 nitrogen and oxygen atoms in total. The van der Waals surface area contributed by atoms with Crippen molar-refractivity contribution in [3.8, 4) is 5.75 Å². The number of benzene rings is 3. The summed E-state index contributed by atoms with van der Waals surface area (Å²) in [5.74, 6) is -2.60. The number of para-hydroxylation sites is 1. The third kappa shape index (κ3) is 9.31. The minimum absolute atomic E-state index is 0.0417. The van der Waals surface area contributed by atoms with Crippen LogP contribution in [0, 0.1) is 13.8 Å². The van der Waals surface area contributed by atoms with Crippen molar-refractivity contribution in [2.45, 2.75) is 70.7 Å². The summed E-state index contributed by atoms with van der Waals surface area (Å²) in [5, 5.41) is 15.4. The number of phenols is 1. The molecule has 0 radical (unpaired) electrons. The maximum absolute atomic E-state index is 13.3. The first-order valence-corrected chi connectivity index (χ1v) is 15.0. The van der Waals surface area contributed by atoms with Gasteiger partial charge in [-0.3, -0.25) is 9.59 Å². The summed E-state index contributed by atoms with van der Waals surface area (Å²) in [6.45, 7) is 3.88. The van der Waals surface area contributed by atoms with Crippen LogP contribution in [0.15, 0.2) is 60.8 Å². The first-order chi connectivity index (χ1) is 22.8. The summed E-state index contributed by atoms with van der Waals surface area (Å²) in [7, 11) is 0. The van der Waals surface area contributed by atoms with Crippen molar-refractivity contribution in [1.29, 1.82) is 0 Å². The number of alkyl halides is 6. The van der Waals surface area contributed by atoms with Gasteiger partial charge >= 0.3 is 18.3 Å². The number of nitrogens with two attached hydrogens (primary N) is 1. The lowest BCUT2D eigenvalue weighted by molar-refractivity contribution is -0.149. The van der Waals surface area contributed by atoms with Crippen LogP contribution in [0.5, 0.6) is 5.75 Å². The van der Waals surface area contributed by atoms with Crippen molar-refractivity contribution in [1.82, 2.24) is 15.6 Å². The lowest BCUT2D eigenvalue weighted by Crippen LogP contribution is -2.54. The van der Waals surface area contributed by atoms with Gasteiger partial charge in [-0.1, -0.05) is 18.2 Å². The van der Waals surface area contributed by atoms with E-state index in [0.717, 1.165) is 5.56 Å². The van der Waals surface area contributed by atoms with Gasteiger partial charge in [0.2, 0.25) is 11.8 Å².